The molecule has 0 radical (unpaired) electrons. The summed E-state index contributed by atoms with van der Waals surface area (Å²) < 4.78 is 0. The van der Waals surface area contributed by atoms with Gasteiger partial charge in [-0.3, -0.25) is 14.7 Å². The number of piperazine rings is 1. The molecule has 0 aromatic carbocycles. The Kier molecular flexibility index (Phi) is 8.82. The first-order valence-corrected chi connectivity index (χ1v) is 8.15. The van der Waals surface area contributed by atoms with E-state index in [0.29, 0.717) is 5.96 Å². The Bertz CT molecular complexity index is 324. The quantitative estimate of drug-likeness (QED) is 0.392. The van der Waals surface area contributed by atoms with E-state index >= 15 is 0 Å². The first kappa shape index (κ1) is 17.8. The summed E-state index contributed by atoms with van der Waals surface area (Å²) in [6.45, 7) is 9.94. The number of carbonyl (C=O) groups excluding carboxylic acids is 1. The van der Waals surface area contributed by atoms with Gasteiger partial charge < -0.3 is 16.0 Å². The molecular formula is C15H31N5O. The average Bonchev–Trinajstić information content (AvgIpc) is 2.47. The summed E-state index contributed by atoms with van der Waals surface area (Å²) in [5.41, 5.74) is 5.83. The van der Waals surface area contributed by atoms with E-state index in [2.05, 4.69) is 22.1 Å². The standard InChI is InChI=1S/C15H31N5O/c1-3-4-5-6-7-17-15(16)18-8-9-19-10-12-20(13-11-19)14(2)21/h3-13H2,1-2H3,(H3,16,17,18). The number of nitrogens with two attached hydrogens (primary N) is 1. The number of hydrogen-bond acceptors (Lipinski definition) is 3. The van der Waals surface area contributed by atoms with Gasteiger partial charge in [0.1, 0.15) is 0 Å². The maximum atomic E-state index is 11.2. The summed E-state index contributed by atoms with van der Waals surface area (Å²) in [7, 11) is 0. The van der Waals surface area contributed by atoms with Gasteiger partial charge in [0, 0.05) is 52.7 Å². The smallest absolute Gasteiger partial charge is 0.219 e. The zero-order valence-electron chi connectivity index (χ0n) is 13.6. The number of amides is 1. The van der Waals surface area contributed by atoms with E-state index in [0.717, 1.165) is 52.2 Å². The number of guanidine groups is 1. The minimum absolute atomic E-state index is 0.173. The predicted octanol–water partition coefficient (Wildman–Crippen LogP) is 0.635. The second kappa shape index (κ2) is 10.4. The van der Waals surface area contributed by atoms with Gasteiger partial charge in [0.05, 0.1) is 0 Å². The molecule has 0 aliphatic carbocycles. The molecule has 6 heteroatoms. The van der Waals surface area contributed by atoms with Crippen molar-refractivity contribution in [2.24, 2.45) is 10.7 Å². The summed E-state index contributed by atoms with van der Waals surface area (Å²) in [5, 5.41) is 3.16. The van der Waals surface area contributed by atoms with Crippen molar-refractivity contribution in [3.8, 4) is 0 Å². The zero-order chi connectivity index (χ0) is 15.5. The highest BCUT2D eigenvalue weighted by Crippen LogP contribution is 2.01. The van der Waals surface area contributed by atoms with Crippen LogP contribution in [-0.4, -0.2) is 67.5 Å². The van der Waals surface area contributed by atoms with Gasteiger partial charge in [-0.05, 0) is 6.42 Å². The van der Waals surface area contributed by atoms with Gasteiger partial charge in [0.25, 0.3) is 0 Å². The molecule has 0 bridgehead atoms. The Morgan fingerprint density at radius 1 is 1.19 bits per heavy atom. The van der Waals surface area contributed by atoms with Crippen molar-refractivity contribution in [1.29, 1.82) is 0 Å². The highest BCUT2D eigenvalue weighted by molar-refractivity contribution is 5.77. The zero-order valence-corrected chi connectivity index (χ0v) is 13.6. The molecule has 1 aliphatic rings. The van der Waals surface area contributed by atoms with Crippen LogP contribution in [0.5, 0.6) is 0 Å². The molecule has 1 amide bonds. The summed E-state index contributed by atoms with van der Waals surface area (Å²) in [5.74, 6) is 0.723. The minimum atomic E-state index is 0.173. The van der Waals surface area contributed by atoms with E-state index in [-0.39, 0.29) is 5.91 Å². The van der Waals surface area contributed by atoms with Gasteiger partial charge in [-0.1, -0.05) is 26.2 Å². The lowest BCUT2D eigenvalue weighted by Crippen LogP contribution is -2.50. The van der Waals surface area contributed by atoms with E-state index in [1.54, 1.807) is 6.92 Å². The van der Waals surface area contributed by atoms with Crippen LogP contribution in [0.25, 0.3) is 0 Å². The second-order valence-electron chi connectivity index (χ2n) is 5.60. The van der Waals surface area contributed by atoms with Gasteiger partial charge >= 0.3 is 0 Å². The first-order valence-electron chi connectivity index (χ1n) is 8.15. The lowest BCUT2D eigenvalue weighted by Gasteiger charge is -2.34. The van der Waals surface area contributed by atoms with Crippen molar-refractivity contribution >= 4 is 11.9 Å². The molecule has 0 aromatic heterocycles. The molecule has 0 atom stereocenters. The Morgan fingerprint density at radius 3 is 2.52 bits per heavy atom. The average molecular weight is 297 g/mol. The normalized spacial score (nSPS) is 17.0. The van der Waals surface area contributed by atoms with E-state index in [4.69, 9.17) is 5.73 Å². The molecular weight excluding hydrogens is 266 g/mol. The minimum Gasteiger partial charge on any atom is -0.370 e. The lowest BCUT2D eigenvalue weighted by molar-refractivity contribution is -0.130. The number of rotatable bonds is 8. The third-order valence-electron chi connectivity index (χ3n) is 3.85. The van der Waals surface area contributed by atoms with Crippen molar-refractivity contribution in [2.45, 2.75) is 39.5 Å². The Labute approximate surface area is 128 Å². The van der Waals surface area contributed by atoms with Crippen LogP contribution in [0.2, 0.25) is 0 Å². The largest absolute Gasteiger partial charge is 0.370 e. The van der Waals surface area contributed by atoms with Gasteiger partial charge in [-0.2, -0.15) is 0 Å². The van der Waals surface area contributed by atoms with E-state index in [9.17, 15) is 4.79 Å². The molecule has 0 spiro atoms. The van der Waals surface area contributed by atoms with E-state index in [1.807, 2.05) is 4.90 Å². The van der Waals surface area contributed by atoms with Crippen LogP contribution in [0, 0.1) is 0 Å². The number of aliphatic imine (C=N–C) groups is 1. The van der Waals surface area contributed by atoms with Crippen LogP contribution in [0.15, 0.2) is 4.99 Å². The summed E-state index contributed by atoms with van der Waals surface area (Å²) >= 11 is 0. The second-order valence-corrected chi connectivity index (χ2v) is 5.60. The fourth-order valence-electron chi connectivity index (χ4n) is 2.42. The van der Waals surface area contributed by atoms with Gasteiger partial charge in [0.2, 0.25) is 5.91 Å². The monoisotopic (exact) mass is 297 g/mol. The summed E-state index contributed by atoms with van der Waals surface area (Å²) in [6, 6.07) is 0. The Morgan fingerprint density at radius 2 is 1.90 bits per heavy atom. The van der Waals surface area contributed by atoms with Crippen molar-refractivity contribution in [3.63, 3.8) is 0 Å². The molecule has 1 heterocycles. The van der Waals surface area contributed by atoms with Crippen molar-refractivity contribution in [3.05, 3.63) is 0 Å². The maximum absolute atomic E-state index is 11.2. The van der Waals surface area contributed by atoms with E-state index in [1.165, 1.54) is 19.3 Å². The third kappa shape index (κ3) is 7.90. The number of hydrogen-bond donors (Lipinski definition) is 2. The van der Waals surface area contributed by atoms with Crippen LogP contribution in [0.1, 0.15) is 39.5 Å². The molecule has 1 saturated heterocycles. The van der Waals surface area contributed by atoms with Crippen molar-refractivity contribution in [2.75, 3.05) is 45.8 Å². The molecule has 122 valence electrons. The fraction of sp³-hybridized carbons (Fsp3) is 0.867. The van der Waals surface area contributed by atoms with Crippen molar-refractivity contribution in [1.82, 2.24) is 15.1 Å². The predicted molar refractivity (Wildman–Crippen MR) is 87.3 cm³/mol. The molecule has 0 unspecified atom stereocenters. The molecule has 0 saturated carbocycles. The van der Waals surface area contributed by atoms with Crippen LogP contribution in [-0.2, 0) is 4.79 Å². The molecule has 3 N–H and O–H groups in total. The van der Waals surface area contributed by atoms with Gasteiger partial charge in [-0.15, -0.1) is 0 Å². The van der Waals surface area contributed by atoms with Crippen molar-refractivity contribution < 1.29 is 4.79 Å². The van der Waals surface area contributed by atoms with Crippen LogP contribution < -0.4 is 11.1 Å². The van der Waals surface area contributed by atoms with E-state index < -0.39 is 0 Å². The molecule has 21 heavy (non-hydrogen) atoms. The molecule has 6 nitrogen and oxygen atoms in total. The molecule has 1 aliphatic heterocycles. The maximum Gasteiger partial charge on any atom is 0.219 e. The highest BCUT2D eigenvalue weighted by atomic mass is 16.2. The summed E-state index contributed by atoms with van der Waals surface area (Å²) in [6.07, 6.45) is 4.86. The molecule has 1 fully saturated rings. The van der Waals surface area contributed by atoms with Gasteiger partial charge in [0.15, 0.2) is 5.96 Å². The lowest BCUT2D eigenvalue weighted by atomic mass is 10.2. The summed E-state index contributed by atoms with van der Waals surface area (Å²) in [4.78, 5) is 19.8. The molecule has 1 rings (SSSR count). The first-order chi connectivity index (χ1) is 10.1. The highest BCUT2D eigenvalue weighted by Gasteiger charge is 2.17. The number of unbranched alkanes of at least 4 members (excludes halogenated alkanes) is 3. The fourth-order valence-corrected chi connectivity index (χ4v) is 2.42. The molecule has 0 aromatic rings. The van der Waals surface area contributed by atoms with Crippen LogP contribution >= 0.6 is 0 Å². The Hall–Kier alpha value is -1.30. The van der Waals surface area contributed by atoms with Gasteiger partial charge in [-0.25, -0.2) is 0 Å². The Balaban J connectivity index is 2.05. The van der Waals surface area contributed by atoms with Crippen LogP contribution in [0.4, 0.5) is 0 Å². The number of carbonyl (C=O) groups is 1. The SMILES string of the molecule is CCCCCCN=C(N)NCCN1CCN(C(C)=O)CC1. The number of nitrogens with one attached hydrogen (secondary N) is 1. The third-order valence-corrected chi connectivity index (χ3v) is 3.85. The number of nitrogens with zero attached hydrogens (tertiary/aromatic N) is 3. The topological polar surface area (TPSA) is 74.0 Å². The van der Waals surface area contributed by atoms with Crippen LogP contribution in [0.3, 0.4) is 0 Å².